The quantitative estimate of drug-likeness (QED) is 0.154. The highest BCUT2D eigenvalue weighted by Gasteiger charge is 2.11. The van der Waals surface area contributed by atoms with Crippen LogP contribution in [0, 0.1) is 10.1 Å². The second-order valence-corrected chi connectivity index (χ2v) is 6.80. The summed E-state index contributed by atoms with van der Waals surface area (Å²) in [6.45, 7) is 4.94. The van der Waals surface area contributed by atoms with Gasteiger partial charge in [0.15, 0.2) is 5.96 Å². The maximum absolute atomic E-state index is 10.6. The van der Waals surface area contributed by atoms with Gasteiger partial charge in [-0.05, 0) is 37.4 Å². The Morgan fingerprint density at radius 3 is 2.64 bits per heavy atom. The molecule has 154 valence electrons. The normalized spacial score (nSPS) is 13.2. The molecule has 0 aliphatic rings. The Labute approximate surface area is 185 Å². The lowest BCUT2D eigenvalue weighted by molar-refractivity contribution is -0.384. The van der Waals surface area contributed by atoms with Crippen LogP contribution in [0.3, 0.4) is 0 Å². The highest BCUT2D eigenvalue weighted by atomic mass is 127. The van der Waals surface area contributed by atoms with Crippen molar-refractivity contribution in [1.82, 2.24) is 10.6 Å². The highest BCUT2D eigenvalue weighted by Crippen LogP contribution is 2.18. The van der Waals surface area contributed by atoms with Gasteiger partial charge in [-0.1, -0.05) is 6.07 Å². The lowest BCUT2D eigenvalue weighted by Gasteiger charge is -2.17. The molecule has 1 aromatic heterocycles. The summed E-state index contributed by atoms with van der Waals surface area (Å²) in [6.07, 6.45) is -0.798. The minimum Gasteiger partial charge on any atom is -0.491 e. The fraction of sp³-hybridized carbons (Fsp3) is 0.389. The molecule has 0 radical (unpaired) electrons. The molecule has 2 unspecified atom stereocenters. The van der Waals surface area contributed by atoms with Gasteiger partial charge in [0, 0.05) is 23.6 Å². The summed E-state index contributed by atoms with van der Waals surface area (Å²) >= 11 is 1.67. The van der Waals surface area contributed by atoms with Crippen molar-refractivity contribution in [1.29, 1.82) is 0 Å². The first-order chi connectivity index (χ1) is 13.0. The lowest BCUT2D eigenvalue weighted by Crippen LogP contribution is -2.39. The Bertz CT molecular complexity index is 741. The first-order valence-corrected chi connectivity index (χ1v) is 9.51. The first kappa shape index (κ1) is 24.1. The Kier molecular flexibility index (Phi) is 10.8. The largest absolute Gasteiger partial charge is 0.491 e. The number of aliphatic hydroxyl groups excluding tert-OH is 1. The standard InChI is InChI=1S/C18H24N4O4S.HI/c1-3-19-18(21-13(2)17-5-4-10-27-17)20-11-15(23)12-26-16-8-6-14(7-9-16)22(24)25;/h4-10,13,15,23H,3,11-12H2,1-2H3,(H2,19,20,21);1H. The van der Waals surface area contributed by atoms with Gasteiger partial charge in [-0.3, -0.25) is 15.1 Å². The molecule has 2 atom stereocenters. The lowest BCUT2D eigenvalue weighted by atomic mass is 10.3. The molecule has 0 aliphatic carbocycles. The number of nitro benzene ring substituents is 1. The average Bonchev–Trinajstić information content (AvgIpc) is 3.20. The number of halogens is 1. The molecule has 1 aromatic carbocycles. The van der Waals surface area contributed by atoms with Crippen LogP contribution in [0.4, 0.5) is 5.69 Å². The van der Waals surface area contributed by atoms with Crippen LogP contribution in [0.2, 0.25) is 0 Å². The summed E-state index contributed by atoms with van der Waals surface area (Å²) < 4.78 is 5.45. The number of rotatable bonds is 9. The summed E-state index contributed by atoms with van der Waals surface area (Å²) in [6, 6.07) is 9.89. The topological polar surface area (TPSA) is 109 Å². The van der Waals surface area contributed by atoms with Crippen molar-refractivity contribution in [3.05, 3.63) is 56.8 Å². The summed E-state index contributed by atoms with van der Waals surface area (Å²) in [5, 5.41) is 29.2. The van der Waals surface area contributed by atoms with Crippen LogP contribution >= 0.6 is 35.3 Å². The van der Waals surface area contributed by atoms with Gasteiger partial charge in [0.05, 0.1) is 17.5 Å². The van der Waals surface area contributed by atoms with Gasteiger partial charge in [0.2, 0.25) is 0 Å². The number of nitrogens with zero attached hydrogens (tertiary/aromatic N) is 2. The Morgan fingerprint density at radius 1 is 1.36 bits per heavy atom. The van der Waals surface area contributed by atoms with E-state index in [0.29, 0.717) is 18.3 Å². The number of hydrogen-bond donors (Lipinski definition) is 3. The van der Waals surface area contributed by atoms with Crippen molar-refractivity contribution in [3.8, 4) is 5.75 Å². The smallest absolute Gasteiger partial charge is 0.269 e. The highest BCUT2D eigenvalue weighted by molar-refractivity contribution is 14.0. The molecular weight excluding hydrogens is 495 g/mol. The molecule has 2 aromatic rings. The van der Waals surface area contributed by atoms with Gasteiger partial charge in [0.25, 0.3) is 5.69 Å². The molecule has 0 fully saturated rings. The zero-order valence-electron chi connectivity index (χ0n) is 15.7. The third kappa shape index (κ3) is 7.98. The molecule has 0 aliphatic heterocycles. The van der Waals surface area contributed by atoms with E-state index >= 15 is 0 Å². The van der Waals surface area contributed by atoms with Crippen molar-refractivity contribution in [3.63, 3.8) is 0 Å². The predicted molar refractivity (Wildman–Crippen MR) is 122 cm³/mol. The SMILES string of the molecule is CCNC(=NCC(O)COc1ccc([N+](=O)[O-])cc1)NC(C)c1cccs1.I. The number of aliphatic imine (C=N–C) groups is 1. The Hall–Kier alpha value is -1.92. The molecule has 0 saturated carbocycles. The van der Waals surface area contributed by atoms with E-state index in [4.69, 9.17) is 4.74 Å². The fourth-order valence-electron chi connectivity index (χ4n) is 2.24. The number of non-ortho nitro benzene ring substituents is 1. The third-order valence-corrected chi connectivity index (χ3v) is 4.67. The molecule has 28 heavy (non-hydrogen) atoms. The zero-order chi connectivity index (χ0) is 19.6. The second kappa shape index (κ2) is 12.5. The Morgan fingerprint density at radius 2 is 2.07 bits per heavy atom. The van der Waals surface area contributed by atoms with E-state index < -0.39 is 11.0 Å². The van der Waals surface area contributed by atoms with E-state index in [0.717, 1.165) is 0 Å². The fourth-order valence-corrected chi connectivity index (χ4v) is 2.97. The summed E-state index contributed by atoms with van der Waals surface area (Å²) in [4.78, 5) is 15.7. The Balaban J connectivity index is 0.00000392. The molecular formula is C18H25IN4O4S. The van der Waals surface area contributed by atoms with Crippen LogP contribution in [0.15, 0.2) is 46.8 Å². The number of nitrogens with one attached hydrogen (secondary N) is 2. The van der Waals surface area contributed by atoms with Gasteiger partial charge in [-0.2, -0.15) is 0 Å². The number of aliphatic hydroxyl groups is 1. The number of ether oxygens (including phenoxy) is 1. The van der Waals surface area contributed by atoms with Crippen molar-refractivity contribution in [2.24, 2.45) is 4.99 Å². The van der Waals surface area contributed by atoms with Crippen LogP contribution < -0.4 is 15.4 Å². The first-order valence-electron chi connectivity index (χ1n) is 8.63. The number of guanidine groups is 1. The molecule has 0 spiro atoms. The second-order valence-electron chi connectivity index (χ2n) is 5.82. The zero-order valence-corrected chi connectivity index (χ0v) is 18.8. The van der Waals surface area contributed by atoms with Gasteiger partial charge >= 0.3 is 0 Å². The van der Waals surface area contributed by atoms with E-state index in [1.54, 1.807) is 11.3 Å². The molecule has 0 bridgehead atoms. The van der Waals surface area contributed by atoms with Gasteiger partial charge < -0.3 is 20.5 Å². The summed E-state index contributed by atoms with van der Waals surface area (Å²) in [5.74, 6) is 1.08. The van der Waals surface area contributed by atoms with Crippen LogP contribution in [0.1, 0.15) is 24.8 Å². The van der Waals surface area contributed by atoms with Crippen LogP contribution in [0.5, 0.6) is 5.75 Å². The number of nitro groups is 1. The molecule has 0 amide bonds. The van der Waals surface area contributed by atoms with Crippen LogP contribution in [-0.2, 0) is 0 Å². The number of thiophene rings is 1. The van der Waals surface area contributed by atoms with E-state index in [2.05, 4.69) is 21.7 Å². The predicted octanol–water partition coefficient (Wildman–Crippen LogP) is 3.33. The minimum atomic E-state index is -0.798. The minimum absolute atomic E-state index is 0. The monoisotopic (exact) mass is 520 g/mol. The summed E-state index contributed by atoms with van der Waals surface area (Å²) in [5.41, 5.74) is -0.00582. The van der Waals surface area contributed by atoms with Gasteiger partial charge in [-0.15, -0.1) is 35.3 Å². The van der Waals surface area contributed by atoms with Crippen molar-refractivity contribution in [2.75, 3.05) is 19.7 Å². The van der Waals surface area contributed by atoms with E-state index in [9.17, 15) is 15.2 Å². The van der Waals surface area contributed by atoms with Gasteiger partial charge in [-0.25, -0.2) is 0 Å². The van der Waals surface area contributed by atoms with Crippen molar-refractivity contribution < 1.29 is 14.8 Å². The van der Waals surface area contributed by atoms with E-state index in [1.807, 2.05) is 25.3 Å². The van der Waals surface area contributed by atoms with Crippen molar-refractivity contribution >= 4 is 47.0 Å². The maximum Gasteiger partial charge on any atom is 0.269 e. The average molecular weight is 520 g/mol. The van der Waals surface area contributed by atoms with Gasteiger partial charge in [0.1, 0.15) is 18.5 Å². The number of hydrogen-bond acceptors (Lipinski definition) is 6. The molecule has 0 saturated heterocycles. The molecule has 1 heterocycles. The maximum atomic E-state index is 10.6. The van der Waals surface area contributed by atoms with E-state index in [-0.39, 0.29) is 48.9 Å². The third-order valence-electron chi connectivity index (χ3n) is 3.62. The van der Waals surface area contributed by atoms with Crippen LogP contribution in [0.25, 0.3) is 0 Å². The number of benzene rings is 1. The summed E-state index contributed by atoms with van der Waals surface area (Å²) in [7, 11) is 0. The van der Waals surface area contributed by atoms with Crippen molar-refractivity contribution in [2.45, 2.75) is 26.0 Å². The van der Waals surface area contributed by atoms with Crippen LogP contribution in [-0.4, -0.2) is 41.8 Å². The molecule has 10 heteroatoms. The van der Waals surface area contributed by atoms with E-state index in [1.165, 1.54) is 29.1 Å². The molecule has 3 N–H and O–H groups in total. The molecule has 8 nitrogen and oxygen atoms in total. The molecule has 2 rings (SSSR count).